The zero-order valence-electron chi connectivity index (χ0n) is 13.6. The van der Waals surface area contributed by atoms with Crippen LogP contribution in [0.25, 0.3) is 11.3 Å². The normalized spacial score (nSPS) is 15.3. The minimum absolute atomic E-state index is 0.115. The van der Waals surface area contributed by atoms with E-state index < -0.39 is 12.2 Å². The fourth-order valence-corrected chi connectivity index (χ4v) is 2.79. The molecule has 0 atom stereocenters. The minimum Gasteiger partial charge on any atom is -0.401 e. The van der Waals surface area contributed by atoms with E-state index in [1.165, 1.54) is 31.5 Å². The van der Waals surface area contributed by atoms with Crippen molar-refractivity contribution in [3.05, 3.63) is 40.2 Å². The van der Waals surface area contributed by atoms with Crippen molar-refractivity contribution in [2.45, 2.75) is 13.2 Å². The van der Waals surface area contributed by atoms with Crippen LogP contribution >= 0.6 is 23.5 Å². The van der Waals surface area contributed by atoms with Gasteiger partial charge in [-0.05, 0) is 24.9 Å². The molecule has 0 bridgehead atoms. The van der Waals surface area contributed by atoms with Gasteiger partial charge in [-0.25, -0.2) is 4.98 Å². The molecule has 12 heteroatoms. The van der Waals surface area contributed by atoms with E-state index >= 15 is 0 Å². The first-order chi connectivity index (χ1) is 12.7. The molecular formula is C15H12ClF2N5O3S. The summed E-state index contributed by atoms with van der Waals surface area (Å²) in [5, 5.41) is 8.01. The molecule has 1 aromatic heterocycles. The number of fused-ring (bicyclic) bond motifs is 1. The highest BCUT2D eigenvalue weighted by Gasteiger charge is 2.43. The van der Waals surface area contributed by atoms with E-state index in [-0.39, 0.29) is 38.6 Å². The Morgan fingerprint density at radius 1 is 1.26 bits per heavy atom. The van der Waals surface area contributed by atoms with E-state index in [1.807, 2.05) is 0 Å². The molecule has 1 aliphatic heterocycles. The van der Waals surface area contributed by atoms with Crippen LogP contribution in [0, 0.1) is 0 Å². The van der Waals surface area contributed by atoms with Crippen molar-refractivity contribution in [1.29, 1.82) is 0 Å². The molecule has 0 spiro atoms. The number of nitrogens with zero attached hydrogens (tertiary/aromatic N) is 2. The van der Waals surface area contributed by atoms with Crippen LogP contribution in [0.15, 0.2) is 35.1 Å². The summed E-state index contributed by atoms with van der Waals surface area (Å²) in [4.78, 5) is 20.4. The minimum atomic E-state index is -3.75. The molecule has 3 rings (SSSR count). The summed E-state index contributed by atoms with van der Waals surface area (Å²) in [7, 11) is 0. The number of carbonyl (C=O) groups excluding carboxylic acids is 1. The number of benzene rings is 1. The van der Waals surface area contributed by atoms with Gasteiger partial charge >= 0.3 is 6.29 Å². The Balaban J connectivity index is 1.83. The zero-order chi connectivity index (χ0) is 19.8. The number of hydrogen-bond donors (Lipinski definition) is 3. The van der Waals surface area contributed by atoms with E-state index in [1.54, 1.807) is 0 Å². The Kier molecular flexibility index (Phi) is 5.09. The fourth-order valence-electron chi connectivity index (χ4n) is 2.20. The third-order valence-electron chi connectivity index (χ3n) is 3.34. The average molecular weight is 416 g/mol. The van der Waals surface area contributed by atoms with Crippen LogP contribution in [0.1, 0.15) is 6.92 Å². The monoisotopic (exact) mass is 415 g/mol. The zero-order valence-corrected chi connectivity index (χ0v) is 15.2. The highest BCUT2D eigenvalue weighted by Crippen LogP contribution is 2.45. The van der Waals surface area contributed by atoms with Gasteiger partial charge in [0.15, 0.2) is 17.3 Å². The van der Waals surface area contributed by atoms with Crippen LogP contribution in [0.5, 0.6) is 11.5 Å². The molecule has 0 unspecified atom stereocenters. The molecule has 5 N–H and O–H groups in total. The van der Waals surface area contributed by atoms with Crippen LogP contribution in [0.2, 0.25) is 5.02 Å². The largest absolute Gasteiger partial charge is 0.586 e. The topological polar surface area (TPSA) is 125 Å². The number of halogens is 3. The second kappa shape index (κ2) is 7.18. The molecule has 1 amide bonds. The first kappa shape index (κ1) is 19.1. The molecule has 1 aliphatic rings. The summed E-state index contributed by atoms with van der Waals surface area (Å²) in [6.45, 7) is 1.54. The lowest BCUT2D eigenvalue weighted by Crippen LogP contribution is -2.25. The highest BCUT2D eigenvalue weighted by molar-refractivity contribution is 8.01. The molecule has 2 aromatic rings. The van der Waals surface area contributed by atoms with Gasteiger partial charge in [-0.15, -0.1) is 8.78 Å². The van der Waals surface area contributed by atoms with Crippen LogP contribution < -0.4 is 25.7 Å². The number of nitrogens with one attached hydrogen (secondary N) is 1. The third kappa shape index (κ3) is 4.04. The molecule has 0 aliphatic carbocycles. The van der Waals surface area contributed by atoms with Crippen LogP contribution in [0.4, 0.5) is 14.6 Å². The lowest BCUT2D eigenvalue weighted by Gasteiger charge is -2.08. The number of nitrogens with two attached hydrogens (primary N) is 2. The quantitative estimate of drug-likeness (QED) is 0.514. The number of hydrogen-bond acceptors (Lipinski definition) is 8. The predicted molar refractivity (Wildman–Crippen MR) is 96.0 cm³/mol. The smallest absolute Gasteiger partial charge is 0.401 e. The van der Waals surface area contributed by atoms with Crippen molar-refractivity contribution in [2.75, 3.05) is 5.32 Å². The maximum absolute atomic E-state index is 13.1. The summed E-state index contributed by atoms with van der Waals surface area (Å²) in [5.74, 6) is -0.749. The van der Waals surface area contributed by atoms with Crippen molar-refractivity contribution < 1.29 is 23.0 Å². The number of aromatic nitrogens is 2. The molecule has 27 heavy (non-hydrogen) atoms. The number of anilines is 1. The Morgan fingerprint density at radius 3 is 2.48 bits per heavy atom. The molecule has 142 valence electrons. The molecule has 0 saturated heterocycles. The fraction of sp³-hybridized carbons (Fsp3) is 0.133. The maximum Gasteiger partial charge on any atom is 0.586 e. The first-order valence-electron chi connectivity index (χ1n) is 7.26. The second-order valence-electron chi connectivity index (χ2n) is 5.32. The van der Waals surface area contributed by atoms with Gasteiger partial charge in [-0.3, -0.25) is 14.9 Å². The van der Waals surface area contributed by atoms with Gasteiger partial charge in [0, 0.05) is 17.3 Å². The van der Waals surface area contributed by atoms with E-state index in [9.17, 15) is 13.6 Å². The van der Waals surface area contributed by atoms with Gasteiger partial charge in [-0.2, -0.15) is 0 Å². The van der Waals surface area contributed by atoms with Crippen molar-refractivity contribution in [3.63, 3.8) is 0 Å². The number of carbonyl (C=O) groups is 1. The molecular weight excluding hydrogens is 404 g/mol. The number of amides is 1. The second-order valence-corrected chi connectivity index (χ2v) is 6.37. The highest BCUT2D eigenvalue weighted by atomic mass is 35.5. The number of allylic oxidation sites excluding steroid dienone is 1. The van der Waals surface area contributed by atoms with Crippen LogP contribution in [0.3, 0.4) is 0 Å². The Morgan fingerprint density at radius 2 is 1.93 bits per heavy atom. The maximum atomic E-state index is 13.1. The number of ether oxygens (including phenoxy) is 2. The molecule has 1 aromatic carbocycles. The summed E-state index contributed by atoms with van der Waals surface area (Å²) in [6, 6.07) is 2.47. The first-order valence-corrected chi connectivity index (χ1v) is 8.52. The average Bonchev–Trinajstić information content (AvgIpc) is 2.88. The Bertz CT molecular complexity index is 936. The van der Waals surface area contributed by atoms with Crippen molar-refractivity contribution in [3.8, 4) is 22.8 Å². The molecule has 0 fully saturated rings. The van der Waals surface area contributed by atoms with Crippen molar-refractivity contribution in [2.24, 2.45) is 10.9 Å². The van der Waals surface area contributed by atoms with Gasteiger partial charge in [0.2, 0.25) is 0 Å². The molecule has 0 radical (unpaired) electrons. The predicted octanol–water partition coefficient (Wildman–Crippen LogP) is 2.85. The lowest BCUT2D eigenvalue weighted by atomic mass is 10.1. The van der Waals surface area contributed by atoms with E-state index in [0.29, 0.717) is 17.5 Å². The summed E-state index contributed by atoms with van der Waals surface area (Å²) in [6.07, 6.45) is -1.17. The number of rotatable bonds is 4. The molecule has 0 saturated carbocycles. The summed E-state index contributed by atoms with van der Waals surface area (Å²) >= 11 is 6.81. The standard InChI is InChI=1S/C15H12ClF2N5O3S/c1-6(19)13(27-20)14(24)23-12-5-21-9(4-22-12)7-2-10-11(3-8(7)16)26-15(17,18)25-10/h2-5H,19-20H2,1H3,(H,22,23,24)/b13-6-. The van der Waals surface area contributed by atoms with Crippen LogP contribution in [-0.2, 0) is 4.79 Å². The van der Waals surface area contributed by atoms with E-state index in [2.05, 4.69) is 24.8 Å². The van der Waals surface area contributed by atoms with Crippen LogP contribution in [-0.4, -0.2) is 22.2 Å². The van der Waals surface area contributed by atoms with Gasteiger partial charge in [0.25, 0.3) is 5.91 Å². The van der Waals surface area contributed by atoms with E-state index in [0.717, 1.165) is 0 Å². The van der Waals surface area contributed by atoms with E-state index in [4.69, 9.17) is 22.5 Å². The van der Waals surface area contributed by atoms with Gasteiger partial charge in [0.05, 0.1) is 23.1 Å². The van der Waals surface area contributed by atoms with Gasteiger partial charge < -0.3 is 20.5 Å². The third-order valence-corrected chi connectivity index (χ3v) is 4.40. The Labute approximate surface area is 161 Å². The van der Waals surface area contributed by atoms with Gasteiger partial charge in [-0.1, -0.05) is 11.6 Å². The molecule has 2 heterocycles. The SMILES string of the molecule is C/C(N)=C(/SN)C(=O)Nc1cnc(-c2cc3c(cc2Cl)OC(F)(F)O3)cn1. The van der Waals surface area contributed by atoms with Gasteiger partial charge in [0.1, 0.15) is 4.91 Å². The Hall–Kier alpha value is -2.63. The van der Waals surface area contributed by atoms with Crippen molar-refractivity contribution >= 4 is 35.3 Å². The lowest BCUT2D eigenvalue weighted by molar-refractivity contribution is -0.286. The summed E-state index contributed by atoms with van der Waals surface area (Å²) < 4.78 is 35.0. The van der Waals surface area contributed by atoms with Crippen molar-refractivity contribution in [1.82, 2.24) is 9.97 Å². The summed E-state index contributed by atoms with van der Waals surface area (Å²) in [5.41, 5.74) is 6.41. The molecule has 8 nitrogen and oxygen atoms in total. The number of alkyl halides is 2.